The van der Waals surface area contributed by atoms with Crippen LogP contribution in [0.3, 0.4) is 0 Å². The molecule has 3 aromatic carbocycles. The summed E-state index contributed by atoms with van der Waals surface area (Å²) in [7, 11) is 0. The predicted octanol–water partition coefficient (Wildman–Crippen LogP) is 5.96. The molecule has 4 aromatic rings. The van der Waals surface area contributed by atoms with Crippen molar-refractivity contribution in [1.82, 2.24) is 20.0 Å². The summed E-state index contributed by atoms with van der Waals surface area (Å²) in [5.41, 5.74) is 5.92. The van der Waals surface area contributed by atoms with Crippen molar-refractivity contribution in [2.24, 2.45) is 5.92 Å². The van der Waals surface area contributed by atoms with E-state index in [1.54, 1.807) is 4.90 Å². The van der Waals surface area contributed by atoms with E-state index in [2.05, 4.69) is 65.3 Å². The van der Waals surface area contributed by atoms with Crippen molar-refractivity contribution in [2.75, 3.05) is 44.2 Å². The summed E-state index contributed by atoms with van der Waals surface area (Å²) in [5.74, 6) is 1.01. The first-order valence-corrected chi connectivity index (χ1v) is 14.8. The molecular weight excluding hydrogens is 522 g/mol. The Morgan fingerprint density at radius 1 is 0.786 bits per heavy atom. The van der Waals surface area contributed by atoms with Crippen LogP contribution in [0.15, 0.2) is 91.0 Å². The summed E-state index contributed by atoms with van der Waals surface area (Å²) in [5, 5.41) is 9.00. The maximum absolute atomic E-state index is 13.3. The number of rotatable bonds is 9. The number of benzene rings is 3. The molecule has 1 aliphatic heterocycles. The van der Waals surface area contributed by atoms with E-state index in [0.717, 1.165) is 29.1 Å². The van der Waals surface area contributed by atoms with E-state index in [0.29, 0.717) is 44.2 Å². The Morgan fingerprint density at radius 2 is 1.43 bits per heavy atom. The van der Waals surface area contributed by atoms with Gasteiger partial charge in [0, 0.05) is 43.9 Å². The van der Waals surface area contributed by atoms with Crippen molar-refractivity contribution in [3.8, 4) is 22.4 Å². The molecule has 1 atom stereocenters. The van der Waals surface area contributed by atoms with Crippen LogP contribution < -0.4 is 4.90 Å². The summed E-state index contributed by atoms with van der Waals surface area (Å²) in [4.78, 5) is 32.4. The maximum Gasteiger partial charge on any atom is 0.254 e. The van der Waals surface area contributed by atoms with Crippen molar-refractivity contribution in [1.29, 1.82) is 0 Å². The monoisotopic (exact) mass is 561 g/mol. The molecule has 2 amide bonds. The predicted molar refractivity (Wildman–Crippen MR) is 168 cm³/mol. The van der Waals surface area contributed by atoms with Gasteiger partial charge in [0.1, 0.15) is 6.54 Å². The number of hydrogen-bond donors (Lipinski definition) is 0. The minimum absolute atomic E-state index is 0.0150. The smallest absolute Gasteiger partial charge is 0.254 e. The number of carbonyl (C=O) groups excluding carboxylic acids is 2. The lowest BCUT2D eigenvalue weighted by Crippen LogP contribution is -2.52. The van der Waals surface area contributed by atoms with Gasteiger partial charge in [0.05, 0.1) is 5.69 Å². The van der Waals surface area contributed by atoms with Crippen LogP contribution in [0.4, 0.5) is 5.82 Å². The SMILES string of the molecule is CC[C@@H](C)CN(CC(=O)N1CCN(c2ccc(-c3ccc(-c4ccccc4)cc3)nn2)CC1)C(=O)c1ccc(C)cc1. The number of anilines is 1. The second-order valence-electron chi connectivity index (χ2n) is 11.2. The summed E-state index contributed by atoms with van der Waals surface area (Å²) < 4.78 is 0. The van der Waals surface area contributed by atoms with Gasteiger partial charge in [-0.15, -0.1) is 10.2 Å². The Bertz CT molecular complexity index is 1460. The Balaban J connectivity index is 1.17. The fraction of sp³-hybridized carbons (Fsp3) is 0.314. The molecule has 0 aliphatic carbocycles. The van der Waals surface area contributed by atoms with Gasteiger partial charge in [0.2, 0.25) is 5.91 Å². The minimum atomic E-state index is -0.0904. The van der Waals surface area contributed by atoms with Gasteiger partial charge in [-0.3, -0.25) is 9.59 Å². The van der Waals surface area contributed by atoms with E-state index in [1.807, 2.05) is 66.4 Å². The van der Waals surface area contributed by atoms with Crippen LogP contribution in [-0.2, 0) is 4.79 Å². The molecule has 0 unspecified atom stereocenters. The molecule has 216 valence electrons. The minimum Gasteiger partial charge on any atom is -0.352 e. The molecule has 0 radical (unpaired) electrons. The number of nitrogens with zero attached hydrogens (tertiary/aromatic N) is 5. The van der Waals surface area contributed by atoms with Crippen molar-refractivity contribution in [3.05, 3.63) is 102 Å². The molecule has 2 heterocycles. The third-order valence-corrected chi connectivity index (χ3v) is 8.04. The van der Waals surface area contributed by atoms with Gasteiger partial charge in [-0.1, -0.05) is 92.6 Å². The quantitative estimate of drug-likeness (QED) is 0.252. The molecule has 42 heavy (non-hydrogen) atoms. The lowest BCUT2D eigenvalue weighted by Gasteiger charge is -2.36. The third-order valence-electron chi connectivity index (χ3n) is 8.04. The van der Waals surface area contributed by atoms with Crippen LogP contribution in [0.5, 0.6) is 0 Å². The molecule has 1 fully saturated rings. The number of aromatic nitrogens is 2. The molecule has 0 N–H and O–H groups in total. The molecule has 7 nitrogen and oxygen atoms in total. The van der Waals surface area contributed by atoms with Crippen molar-refractivity contribution >= 4 is 17.6 Å². The second-order valence-corrected chi connectivity index (χ2v) is 11.2. The van der Waals surface area contributed by atoms with E-state index >= 15 is 0 Å². The number of carbonyl (C=O) groups is 2. The zero-order valence-electron chi connectivity index (χ0n) is 24.7. The average molecular weight is 562 g/mol. The molecule has 0 saturated carbocycles. The maximum atomic E-state index is 13.3. The van der Waals surface area contributed by atoms with Gasteiger partial charge < -0.3 is 14.7 Å². The highest BCUT2D eigenvalue weighted by molar-refractivity contribution is 5.96. The fourth-order valence-electron chi connectivity index (χ4n) is 5.16. The van der Waals surface area contributed by atoms with Crippen LogP contribution in [0.2, 0.25) is 0 Å². The summed E-state index contributed by atoms with van der Waals surface area (Å²) in [6, 6.07) is 30.2. The third kappa shape index (κ3) is 7.03. The largest absolute Gasteiger partial charge is 0.352 e. The molecule has 1 aromatic heterocycles. The summed E-state index contributed by atoms with van der Waals surface area (Å²) in [6.45, 7) is 9.38. The van der Waals surface area contributed by atoms with Crippen LogP contribution in [0.1, 0.15) is 36.2 Å². The standard InChI is InChI=1S/C35H39N5O2/c1-4-26(2)24-40(35(42)31-12-10-27(3)11-13-31)25-34(41)39-22-20-38(21-23-39)33-19-18-32(36-37-33)30-16-14-29(15-17-30)28-8-6-5-7-9-28/h5-19,26H,4,20-25H2,1-3H3/t26-/m1/s1. The van der Waals surface area contributed by atoms with Crippen molar-refractivity contribution in [3.63, 3.8) is 0 Å². The lowest BCUT2D eigenvalue weighted by atomic mass is 10.0. The van der Waals surface area contributed by atoms with Crippen LogP contribution in [0.25, 0.3) is 22.4 Å². The van der Waals surface area contributed by atoms with Gasteiger partial charge in [0.25, 0.3) is 5.91 Å². The van der Waals surface area contributed by atoms with Gasteiger partial charge in [0.15, 0.2) is 5.82 Å². The molecule has 5 rings (SSSR count). The van der Waals surface area contributed by atoms with Gasteiger partial charge >= 0.3 is 0 Å². The van der Waals surface area contributed by atoms with Crippen molar-refractivity contribution < 1.29 is 9.59 Å². The van der Waals surface area contributed by atoms with Crippen molar-refractivity contribution in [2.45, 2.75) is 27.2 Å². The highest BCUT2D eigenvalue weighted by atomic mass is 16.2. The molecule has 1 saturated heterocycles. The van der Waals surface area contributed by atoms with Gasteiger partial charge in [-0.2, -0.15) is 0 Å². The van der Waals surface area contributed by atoms with Crippen LogP contribution in [-0.4, -0.2) is 71.1 Å². The van der Waals surface area contributed by atoms with E-state index in [4.69, 9.17) is 0 Å². The van der Waals surface area contributed by atoms with E-state index in [9.17, 15) is 9.59 Å². The average Bonchev–Trinajstić information content (AvgIpc) is 3.05. The van der Waals surface area contributed by atoms with E-state index in [1.165, 1.54) is 11.1 Å². The number of hydrogen-bond acceptors (Lipinski definition) is 5. The molecule has 7 heteroatoms. The van der Waals surface area contributed by atoms with Gasteiger partial charge in [-0.25, -0.2) is 0 Å². The molecule has 0 spiro atoms. The highest BCUT2D eigenvalue weighted by Gasteiger charge is 2.26. The second kappa shape index (κ2) is 13.4. The summed E-state index contributed by atoms with van der Waals surface area (Å²) >= 11 is 0. The Hall–Kier alpha value is -4.52. The van der Waals surface area contributed by atoms with Crippen LogP contribution >= 0.6 is 0 Å². The Morgan fingerprint density at radius 3 is 2.05 bits per heavy atom. The molecular formula is C35H39N5O2. The normalized spacial score (nSPS) is 14.0. The topological polar surface area (TPSA) is 69.6 Å². The van der Waals surface area contributed by atoms with E-state index < -0.39 is 0 Å². The highest BCUT2D eigenvalue weighted by Crippen LogP contribution is 2.24. The Kier molecular flexibility index (Phi) is 9.27. The molecule has 1 aliphatic rings. The number of amides is 2. The first-order chi connectivity index (χ1) is 20.4. The zero-order chi connectivity index (χ0) is 29.5. The number of piperazine rings is 1. The van der Waals surface area contributed by atoms with Crippen LogP contribution in [0, 0.1) is 12.8 Å². The first kappa shape index (κ1) is 29.0. The zero-order valence-corrected chi connectivity index (χ0v) is 24.7. The first-order valence-electron chi connectivity index (χ1n) is 14.8. The Labute approximate surface area is 248 Å². The fourth-order valence-corrected chi connectivity index (χ4v) is 5.16. The summed E-state index contributed by atoms with van der Waals surface area (Å²) in [6.07, 6.45) is 0.948. The lowest BCUT2D eigenvalue weighted by molar-refractivity contribution is -0.132. The number of aryl methyl sites for hydroxylation is 1. The molecule has 0 bridgehead atoms. The van der Waals surface area contributed by atoms with E-state index in [-0.39, 0.29) is 18.4 Å². The van der Waals surface area contributed by atoms with Gasteiger partial charge in [-0.05, 0) is 48.2 Å².